The van der Waals surface area contributed by atoms with Crippen LogP contribution in [0.5, 0.6) is 5.75 Å². The van der Waals surface area contributed by atoms with Gasteiger partial charge >= 0.3 is 0 Å². The molecule has 2 nitrogen and oxygen atoms in total. The number of hydrogen-bond donors (Lipinski definition) is 0. The van der Waals surface area contributed by atoms with Gasteiger partial charge in [0.2, 0.25) is 5.78 Å². The van der Waals surface area contributed by atoms with Crippen molar-refractivity contribution >= 4 is 5.78 Å². The van der Waals surface area contributed by atoms with Crippen molar-refractivity contribution in [2.75, 3.05) is 7.11 Å². The van der Waals surface area contributed by atoms with E-state index in [1.807, 2.05) is 0 Å². The first-order valence-electron chi connectivity index (χ1n) is 3.89. The Balaban J connectivity index is 2.99. The predicted molar refractivity (Wildman–Crippen MR) is 50.8 cm³/mol. The van der Waals surface area contributed by atoms with Crippen molar-refractivity contribution in [2.24, 2.45) is 0 Å². The minimum Gasteiger partial charge on any atom is -0.497 e. The summed E-state index contributed by atoms with van der Waals surface area (Å²) in [6, 6.07) is 6.95. The predicted octanol–water partition coefficient (Wildman–Crippen LogP) is 1.90. The molecule has 0 radical (unpaired) electrons. The fourth-order valence-corrected chi connectivity index (χ4v) is 0.950. The Kier molecular flexibility index (Phi) is 3.10. The van der Waals surface area contributed by atoms with E-state index in [4.69, 9.17) is 4.74 Å². The van der Waals surface area contributed by atoms with Crippen molar-refractivity contribution in [3.63, 3.8) is 0 Å². The van der Waals surface area contributed by atoms with E-state index in [0.29, 0.717) is 11.3 Å². The summed E-state index contributed by atoms with van der Waals surface area (Å²) in [6.07, 6.45) is 0. The molecule has 0 spiro atoms. The topological polar surface area (TPSA) is 26.3 Å². The lowest BCUT2D eigenvalue weighted by Crippen LogP contribution is -1.95. The van der Waals surface area contributed by atoms with E-state index in [-0.39, 0.29) is 5.78 Å². The second-order valence-electron chi connectivity index (χ2n) is 2.44. The van der Waals surface area contributed by atoms with E-state index in [9.17, 15) is 4.79 Å². The van der Waals surface area contributed by atoms with Crippen molar-refractivity contribution in [1.82, 2.24) is 0 Å². The van der Waals surface area contributed by atoms with E-state index in [1.165, 1.54) is 0 Å². The quantitative estimate of drug-likeness (QED) is 0.389. The molecule has 0 saturated carbocycles. The monoisotopic (exact) mass is 174 g/mol. The van der Waals surface area contributed by atoms with Crippen LogP contribution in [-0.4, -0.2) is 12.9 Å². The molecule has 1 aromatic carbocycles. The molecule has 0 N–H and O–H groups in total. The lowest BCUT2D eigenvalue weighted by Gasteiger charge is -1.99. The van der Waals surface area contributed by atoms with E-state index in [1.54, 1.807) is 38.3 Å². The molecule has 0 amide bonds. The van der Waals surface area contributed by atoms with Gasteiger partial charge in [0, 0.05) is 5.56 Å². The largest absolute Gasteiger partial charge is 0.497 e. The summed E-state index contributed by atoms with van der Waals surface area (Å²) in [5.74, 6) is 5.52. The zero-order valence-corrected chi connectivity index (χ0v) is 7.63. The van der Waals surface area contributed by atoms with Crippen LogP contribution in [0.2, 0.25) is 0 Å². The minimum atomic E-state index is -0.179. The van der Waals surface area contributed by atoms with Crippen LogP contribution in [0.1, 0.15) is 17.3 Å². The average Bonchev–Trinajstić information content (AvgIpc) is 2.18. The zero-order valence-electron chi connectivity index (χ0n) is 7.63. The van der Waals surface area contributed by atoms with Gasteiger partial charge in [-0.25, -0.2) is 0 Å². The summed E-state index contributed by atoms with van der Waals surface area (Å²) in [5.41, 5.74) is 0.564. The van der Waals surface area contributed by atoms with Gasteiger partial charge in [-0.15, -0.1) is 0 Å². The first-order valence-corrected chi connectivity index (χ1v) is 3.89. The van der Waals surface area contributed by atoms with Gasteiger partial charge in [0.05, 0.1) is 7.11 Å². The fourth-order valence-electron chi connectivity index (χ4n) is 0.950. The van der Waals surface area contributed by atoms with Crippen molar-refractivity contribution in [3.8, 4) is 17.6 Å². The summed E-state index contributed by atoms with van der Waals surface area (Å²) in [5, 5.41) is 0. The van der Waals surface area contributed by atoms with Crippen LogP contribution in [0, 0.1) is 11.8 Å². The van der Waals surface area contributed by atoms with Gasteiger partial charge in [0.15, 0.2) is 0 Å². The highest BCUT2D eigenvalue weighted by atomic mass is 16.5. The molecule has 66 valence electrons. The Morgan fingerprint density at radius 1 is 1.46 bits per heavy atom. The molecule has 0 fully saturated rings. The number of Topliss-reactive ketones (excluding diaryl/α,β-unsaturated/α-hetero) is 1. The maximum atomic E-state index is 11.3. The van der Waals surface area contributed by atoms with Crippen LogP contribution < -0.4 is 4.74 Å². The normalized spacial score (nSPS) is 8.46. The molecule has 0 bridgehead atoms. The molecule has 0 atom stereocenters. The van der Waals surface area contributed by atoms with Gasteiger partial charge in [-0.05, 0) is 25.0 Å². The lowest BCUT2D eigenvalue weighted by molar-refractivity contribution is 0.105. The molecule has 0 unspecified atom stereocenters. The Morgan fingerprint density at radius 2 is 2.23 bits per heavy atom. The van der Waals surface area contributed by atoms with Crippen molar-refractivity contribution < 1.29 is 9.53 Å². The van der Waals surface area contributed by atoms with Crippen LogP contribution in [0.4, 0.5) is 0 Å². The molecule has 0 saturated heterocycles. The summed E-state index contributed by atoms with van der Waals surface area (Å²) in [4.78, 5) is 11.3. The highest BCUT2D eigenvalue weighted by Crippen LogP contribution is 2.12. The molecule has 2 heteroatoms. The number of carbonyl (C=O) groups is 1. The average molecular weight is 174 g/mol. The van der Waals surface area contributed by atoms with Crippen molar-refractivity contribution in [3.05, 3.63) is 29.8 Å². The number of methoxy groups -OCH3 is 1. The van der Waals surface area contributed by atoms with E-state index >= 15 is 0 Å². The molecule has 13 heavy (non-hydrogen) atoms. The molecular weight excluding hydrogens is 164 g/mol. The minimum absolute atomic E-state index is 0.179. The Morgan fingerprint density at radius 3 is 2.85 bits per heavy atom. The highest BCUT2D eigenvalue weighted by molar-refractivity contribution is 6.09. The maximum absolute atomic E-state index is 11.3. The fraction of sp³-hybridized carbons (Fsp3) is 0.182. The van der Waals surface area contributed by atoms with Crippen LogP contribution >= 0.6 is 0 Å². The molecule has 0 aliphatic heterocycles. The summed E-state index contributed by atoms with van der Waals surface area (Å²) >= 11 is 0. The third-order valence-electron chi connectivity index (χ3n) is 1.57. The van der Waals surface area contributed by atoms with Gasteiger partial charge in [0.1, 0.15) is 5.75 Å². The van der Waals surface area contributed by atoms with Crippen LogP contribution in [0.15, 0.2) is 24.3 Å². The molecule has 0 aromatic heterocycles. The molecule has 0 aliphatic rings. The summed E-state index contributed by atoms with van der Waals surface area (Å²) in [7, 11) is 1.56. The van der Waals surface area contributed by atoms with Gasteiger partial charge in [-0.1, -0.05) is 18.1 Å². The number of benzene rings is 1. The zero-order chi connectivity index (χ0) is 9.68. The number of rotatable bonds is 2. The van der Waals surface area contributed by atoms with Crippen LogP contribution in [-0.2, 0) is 0 Å². The smallest absolute Gasteiger partial charge is 0.236 e. The maximum Gasteiger partial charge on any atom is 0.236 e. The Labute approximate surface area is 77.5 Å². The first kappa shape index (κ1) is 9.34. The SMILES string of the molecule is CC#CC(=O)c1cccc(OC)c1. The van der Waals surface area contributed by atoms with Crippen LogP contribution in [0.25, 0.3) is 0 Å². The molecule has 1 rings (SSSR count). The lowest BCUT2D eigenvalue weighted by atomic mass is 10.1. The molecule has 0 aliphatic carbocycles. The highest BCUT2D eigenvalue weighted by Gasteiger charge is 2.02. The Hall–Kier alpha value is -1.75. The molecule has 1 aromatic rings. The standard InChI is InChI=1S/C11H10O2/c1-3-5-11(12)9-6-4-7-10(8-9)13-2/h4,6-8H,1-2H3. The summed E-state index contributed by atoms with van der Waals surface area (Å²) < 4.78 is 4.98. The van der Waals surface area contributed by atoms with Crippen molar-refractivity contribution in [2.45, 2.75) is 6.92 Å². The van der Waals surface area contributed by atoms with E-state index < -0.39 is 0 Å². The third-order valence-corrected chi connectivity index (χ3v) is 1.57. The van der Waals surface area contributed by atoms with E-state index in [0.717, 1.165) is 0 Å². The second kappa shape index (κ2) is 4.32. The van der Waals surface area contributed by atoms with Gasteiger partial charge in [0.25, 0.3) is 0 Å². The van der Waals surface area contributed by atoms with Gasteiger partial charge in [-0.3, -0.25) is 4.79 Å². The number of carbonyl (C=O) groups excluding carboxylic acids is 1. The van der Waals surface area contributed by atoms with Gasteiger partial charge < -0.3 is 4.74 Å². The van der Waals surface area contributed by atoms with Crippen molar-refractivity contribution in [1.29, 1.82) is 0 Å². The van der Waals surface area contributed by atoms with Crippen LogP contribution in [0.3, 0.4) is 0 Å². The first-order chi connectivity index (χ1) is 6.27. The van der Waals surface area contributed by atoms with Gasteiger partial charge in [-0.2, -0.15) is 0 Å². The van der Waals surface area contributed by atoms with E-state index in [2.05, 4.69) is 11.8 Å². The number of ether oxygens (including phenoxy) is 1. The number of ketones is 1. The third kappa shape index (κ3) is 2.34. The Bertz CT molecular complexity index is 369. The summed E-state index contributed by atoms with van der Waals surface area (Å²) in [6.45, 7) is 1.64. The molecular formula is C11H10O2. The second-order valence-corrected chi connectivity index (χ2v) is 2.44. The number of hydrogen-bond acceptors (Lipinski definition) is 2. The molecule has 0 heterocycles.